The van der Waals surface area contributed by atoms with Gasteiger partial charge >= 0.3 is 12.4 Å². The Morgan fingerprint density at radius 1 is 0.750 bits per heavy atom. The van der Waals surface area contributed by atoms with Crippen LogP contribution in [0.25, 0.3) is 0 Å². The van der Waals surface area contributed by atoms with Gasteiger partial charge in [0.2, 0.25) is 0 Å². The second kappa shape index (κ2) is 8.78. The van der Waals surface area contributed by atoms with Crippen LogP contribution in [0.3, 0.4) is 0 Å². The first-order valence-electron chi connectivity index (χ1n) is 6.80. The summed E-state index contributed by atoms with van der Waals surface area (Å²) in [4.78, 5) is 0. The average molecular weight is 308 g/mol. The maximum absolute atomic E-state index is 11.8. The van der Waals surface area contributed by atoms with Gasteiger partial charge in [-0.05, 0) is 24.2 Å². The summed E-state index contributed by atoms with van der Waals surface area (Å²) in [7, 11) is 0. The van der Waals surface area contributed by atoms with Gasteiger partial charge in [0.1, 0.15) is 0 Å². The summed E-state index contributed by atoms with van der Waals surface area (Å²) < 4.78 is 70.4. The van der Waals surface area contributed by atoms with Gasteiger partial charge in [0, 0.05) is 6.42 Å². The van der Waals surface area contributed by atoms with Gasteiger partial charge in [-0.25, -0.2) is 0 Å². The van der Waals surface area contributed by atoms with Crippen LogP contribution in [0.5, 0.6) is 0 Å². The van der Waals surface area contributed by atoms with Crippen LogP contribution < -0.4 is 0 Å². The van der Waals surface area contributed by atoms with Crippen LogP contribution in [-0.2, 0) is 0 Å². The first-order valence-corrected chi connectivity index (χ1v) is 6.80. The molecule has 0 rings (SSSR count). The van der Waals surface area contributed by atoms with E-state index >= 15 is 0 Å². The van der Waals surface area contributed by atoms with Gasteiger partial charge in [0.05, 0.1) is 5.92 Å². The summed E-state index contributed by atoms with van der Waals surface area (Å²) in [6.45, 7) is 10.0. The molecule has 0 N–H and O–H groups in total. The quantitative estimate of drug-likeness (QED) is 0.523. The first kappa shape index (κ1) is 21.9. The van der Waals surface area contributed by atoms with Crippen molar-refractivity contribution in [2.45, 2.75) is 66.7 Å². The molecule has 0 aromatic rings. The molecule has 0 aromatic heterocycles. The van der Waals surface area contributed by atoms with Crippen molar-refractivity contribution < 1.29 is 26.3 Å². The highest BCUT2D eigenvalue weighted by atomic mass is 19.4. The highest BCUT2D eigenvalue weighted by Gasteiger charge is 2.35. The SMILES string of the molecule is CC(C)C(C)CC(F)(F)F.CC(C)CC(C)C(F)(F)F. The van der Waals surface area contributed by atoms with Gasteiger partial charge < -0.3 is 0 Å². The lowest BCUT2D eigenvalue weighted by Crippen LogP contribution is -2.21. The predicted molar refractivity (Wildman–Crippen MR) is 69.3 cm³/mol. The fourth-order valence-corrected chi connectivity index (χ4v) is 1.44. The molecule has 0 bridgehead atoms. The third-order valence-corrected chi connectivity index (χ3v) is 3.08. The summed E-state index contributed by atoms with van der Waals surface area (Å²) in [5.74, 6) is -1.19. The Balaban J connectivity index is 0. The molecule has 124 valence electrons. The van der Waals surface area contributed by atoms with E-state index in [1.807, 2.05) is 0 Å². The van der Waals surface area contributed by atoms with E-state index < -0.39 is 24.7 Å². The zero-order valence-corrected chi connectivity index (χ0v) is 13.0. The minimum atomic E-state index is -4.01. The molecule has 0 fully saturated rings. The standard InChI is InChI=1S/2C7H13F3/c1-5(2)6(3)4-7(8,9)10;1-5(2)4-6(3)7(8,9)10/h2*5-6H,4H2,1-3H3. The molecule has 6 heteroatoms. The molecular weight excluding hydrogens is 282 g/mol. The topological polar surface area (TPSA) is 0 Å². The van der Waals surface area contributed by atoms with E-state index in [2.05, 4.69) is 0 Å². The Morgan fingerprint density at radius 2 is 1.15 bits per heavy atom. The van der Waals surface area contributed by atoms with Gasteiger partial charge in [-0.1, -0.05) is 41.5 Å². The number of hydrogen-bond acceptors (Lipinski definition) is 0. The van der Waals surface area contributed by atoms with Gasteiger partial charge in [-0.3, -0.25) is 0 Å². The third-order valence-electron chi connectivity index (χ3n) is 3.08. The van der Waals surface area contributed by atoms with Crippen LogP contribution in [0.2, 0.25) is 0 Å². The fraction of sp³-hybridized carbons (Fsp3) is 1.00. The largest absolute Gasteiger partial charge is 0.391 e. The van der Waals surface area contributed by atoms with Crippen LogP contribution >= 0.6 is 0 Å². The lowest BCUT2D eigenvalue weighted by molar-refractivity contribution is -0.173. The molecule has 0 radical (unpaired) electrons. The van der Waals surface area contributed by atoms with Crippen LogP contribution in [0.4, 0.5) is 26.3 Å². The molecule has 0 heterocycles. The molecule has 0 saturated heterocycles. The second-order valence-electron chi connectivity index (χ2n) is 6.11. The monoisotopic (exact) mass is 308 g/mol. The molecule has 0 spiro atoms. The number of hydrogen-bond donors (Lipinski definition) is 0. The van der Waals surface area contributed by atoms with E-state index in [9.17, 15) is 26.3 Å². The minimum absolute atomic E-state index is 0.113. The molecule has 0 nitrogen and oxygen atoms in total. The van der Waals surface area contributed by atoms with E-state index in [1.54, 1.807) is 34.6 Å². The molecular formula is C14H26F6. The molecule has 0 saturated carbocycles. The second-order valence-corrected chi connectivity index (χ2v) is 6.11. The first-order chi connectivity index (χ1) is 8.66. The van der Waals surface area contributed by atoms with E-state index in [0.29, 0.717) is 0 Å². The molecule has 0 aromatic carbocycles. The van der Waals surface area contributed by atoms with Crippen molar-refractivity contribution in [3.8, 4) is 0 Å². The van der Waals surface area contributed by atoms with Crippen molar-refractivity contribution in [3.63, 3.8) is 0 Å². The van der Waals surface area contributed by atoms with Crippen LogP contribution in [0.1, 0.15) is 54.4 Å². The van der Waals surface area contributed by atoms with Gasteiger partial charge in [-0.2, -0.15) is 26.3 Å². The van der Waals surface area contributed by atoms with Crippen LogP contribution in [0, 0.1) is 23.7 Å². The predicted octanol–water partition coefficient (Wildman–Crippen LogP) is 6.46. The number of alkyl halides is 6. The summed E-state index contributed by atoms with van der Waals surface area (Å²) in [5.41, 5.74) is 0. The Morgan fingerprint density at radius 3 is 1.25 bits per heavy atom. The lowest BCUT2D eigenvalue weighted by atomic mass is 9.95. The zero-order valence-electron chi connectivity index (χ0n) is 13.0. The maximum atomic E-state index is 11.8. The summed E-state index contributed by atoms with van der Waals surface area (Å²) >= 11 is 0. The van der Waals surface area contributed by atoms with Gasteiger partial charge in [-0.15, -0.1) is 0 Å². The van der Waals surface area contributed by atoms with E-state index in [-0.39, 0.29) is 24.2 Å². The molecule has 0 aliphatic heterocycles. The minimum Gasteiger partial charge on any atom is -0.171 e. The number of rotatable bonds is 4. The molecule has 0 aliphatic rings. The highest BCUT2D eigenvalue weighted by Crippen LogP contribution is 2.30. The van der Waals surface area contributed by atoms with Gasteiger partial charge in [0.25, 0.3) is 0 Å². The third kappa shape index (κ3) is 14.0. The van der Waals surface area contributed by atoms with Gasteiger partial charge in [0.15, 0.2) is 0 Å². The fourth-order valence-electron chi connectivity index (χ4n) is 1.44. The summed E-state index contributed by atoms with van der Waals surface area (Å²) in [5, 5.41) is 0. The summed E-state index contributed by atoms with van der Waals surface area (Å²) in [6.07, 6.45) is -8.44. The van der Waals surface area contributed by atoms with E-state index in [1.165, 1.54) is 6.92 Å². The highest BCUT2D eigenvalue weighted by molar-refractivity contribution is 4.63. The Bertz CT molecular complexity index is 239. The normalized spacial score (nSPS) is 15.9. The van der Waals surface area contributed by atoms with E-state index in [0.717, 1.165) is 0 Å². The lowest BCUT2D eigenvalue weighted by Gasteiger charge is -2.16. The molecule has 20 heavy (non-hydrogen) atoms. The smallest absolute Gasteiger partial charge is 0.171 e. The molecule has 2 unspecified atom stereocenters. The van der Waals surface area contributed by atoms with E-state index in [4.69, 9.17) is 0 Å². The van der Waals surface area contributed by atoms with Crippen LogP contribution in [0.15, 0.2) is 0 Å². The van der Waals surface area contributed by atoms with Crippen molar-refractivity contribution in [3.05, 3.63) is 0 Å². The van der Waals surface area contributed by atoms with Crippen LogP contribution in [-0.4, -0.2) is 12.4 Å². The van der Waals surface area contributed by atoms with Crippen molar-refractivity contribution in [2.24, 2.45) is 23.7 Å². The van der Waals surface area contributed by atoms with Crippen molar-refractivity contribution in [1.29, 1.82) is 0 Å². The van der Waals surface area contributed by atoms with Crippen molar-refractivity contribution in [1.82, 2.24) is 0 Å². The van der Waals surface area contributed by atoms with Crippen molar-refractivity contribution in [2.75, 3.05) is 0 Å². The number of halogens is 6. The average Bonchev–Trinajstić information content (AvgIpc) is 2.12. The maximum Gasteiger partial charge on any atom is 0.391 e. The summed E-state index contributed by atoms with van der Waals surface area (Å²) in [6, 6.07) is 0. The Kier molecular flexibility index (Phi) is 9.60. The van der Waals surface area contributed by atoms with Crippen molar-refractivity contribution >= 4 is 0 Å². The Labute approximate surface area is 117 Å². The Hall–Kier alpha value is -0.420. The molecule has 0 aliphatic carbocycles. The molecule has 2 atom stereocenters. The molecule has 0 amide bonds. The zero-order chi connectivity index (χ0) is 16.7.